The van der Waals surface area contributed by atoms with Crippen LogP contribution in [0.3, 0.4) is 0 Å². The van der Waals surface area contributed by atoms with Crippen LogP contribution in [-0.2, 0) is 6.42 Å². The molecule has 0 radical (unpaired) electrons. The zero-order chi connectivity index (χ0) is 33.7. The molecular weight excluding hydrogens is 589 g/mol. The molecule has 4 aromatic carbocycles. The molecule has 0 aliphatic heterocycles. The quantitative estimate of drug-likeness (QED) is 0.167. The highest BCUT2D eigenvalue weighted by molar-refractivity contribution is 6.09. The number of rotatable bonds is 8. The number of fused-ring (bicyclic) bond motifs is 3. The van der Waals surface area contributed by atoms with Crippen LogP contribution >= 0.6 is 0 Å². The van der Waals surface area contributed by atoms with E-state index >= 15 is 0 Å². The van der Waals surface area contributed by atoms with Crippen molar-refractivity contribution in [2.45, 2.75) is 67.7 Å². The first-order valence-corrected chi connectivity index (χ1v) is 17.0. The average molecular weight is 633 g/mol. The molecule has 0 aliphatic carbocycles. The van der Waals surface area contributed by atoms with Crippen LogP contribution in [-0.4, -0.2) is 19.3 Å². The summed E-state index contributed by atoms with van der Waals surface area (Å²) in [4.78, 5) is 4.84. The molecule has 0 bridgehead atoms. The fourth-order valence-electron chi connectivity index (χ4n) is 6.95. The molecule has 3 heterocycles. The predicted molar refractivity (Wildman–Crippen MR) is 199 cm³/mol. The van der Waals surface area contributed by atoms with Crippen LogP contribution in [0.2, 0.25) is 0 Å². The van der Waals surface area contributed by atoms with Crippen LogP contribution in [0.25, 0.3) is 44.4 Å². The average Bonchev–Trinajstić information content (AvgIpc) is 3.67. The third-order valence-electron chi connectivity index (χ3n) is 9.65. The topological polar surface area (TPSA) is 44.9 Å². The summed E-state index contributed by atoms with van der Waals surface area (Å²) in [7, 11) is 0. The minimum Gasteiger partial charge on any atom is -0.457 e. The molecule has 5 heteroatoms. The van der Waals surface area contributed by atoms with Crippen molar-refractivity contribution in [2.75, 3.05) is 0 Å². The van der Waals surface area contributed by atoms with Crippen LogP contribution in [0.4, 0.5) is 0 Å². The Morgan fingerprint density at radius 1 is 0.729 bits per heavy atom. The lowest BCUT2D eigenvalue weighted by Crippen LogP contribution is -2.01. The number of hydrogen-bond acceptors (Lipinski definition) is 3. The van der Waals surface area contributed by atoms with E-state index in [-0.39, 0.29) is 0 Å². The number of para-hydroxylation sites is 1. The Morgan fingerprint density at radius 2 is 1.48 bits per heavy atom. The first kappa shape index (κ1) is 31.4. The maximum Gasteiger partial charge on any atom is 0.137 e. The van der Waals surface area contributed by atoms with Gasteiger partial charge in [-0.15, -0.1) is 0 Å². The molecule has 0 aliphatic rings. The van der Waals surface area contributed by atoms with Crippen molar-refractivity contribution >= 4 is 21.8 Å². The van der Waals surface area contributed by atoms with Crippen molar-refractivity contribution < 1.29 is 4.74 Å². The number of aryl methyl sites for hydroxylation is 2. The SMILES string of the molecule is Cc1cc(C)c(C)c(-c2cnn(-c3cc(Oc4ccc5c6ccccc6n(-c6cc(CC(C)C)ccn6)c5c4)cc(C(C)C)c3)c2)c1C. The standard InChI is InChI=1S/C43H44N4O/c1-26(2)17-32-15-16-44-42(19-32)47-40-12-10-9-11-38(40)39-14-13-36(23-41(39)47)48-37-21-33(27(3)4)20-35(22-37)46-25-34(24-45-46)43-30(7)28(5)18-29(6)31(43)8/h9-16,18-27H,17H2,1-8H3. The van der Waals surface area contributed by atoms with Gasteiger partial charge in [-0.05, 0) is 127 Å². The number of hydrogen-bond donors (Lipinski definition) is 0. The van der Waals surface area contributed by atoms with E-state index in [0.717, 1.165) is 46.0 Å². The number of aromatic nitrogens is 4. The number of nitrogens with zero attached hydrogens (tertiary/aromatic N) is 4. The van der Waals surface area contributed by atoms with Gasteiger partial charge in [-0.25, -0.2) is 9.67 Å². The monoisotopic (exact) mass is 632 g/mol. The third kappa shape index (κ3) is 5.79. The van der Waals surface area contributed by atoms with E-state index in [1.54, 1.807) is 0 Å². The zero-order valence-corrected chi connectivity index (χ0v) is 29.3. The highest BCUT2D eigenvalue weighted by Gasteiger charge is 2.17. The van der Waals surface area contributed by atoms with Gasteiger partial charge in [0.25, 0.3) is 0 Å². The zero-order valence-electron chi connectivity index (χ0n) is 29.3. The van der Waals surface area contributed by atoms with Crippen LogP contribution < -0.4 is 4.74 Å². The van der Waals surface area contributed by atoms with Gasteiger partial charge in [0.1, 0.15) is 17.3 Å². The van der Waals surface area contributed by atoms with Crippen molar-refractivity contribution in [1.82, 2.24) is 19.3 Å². The van der Waals surface area contributed by atoms with E-state index in [4.69, 9.17) is 14.8 Å². The Kier molecular flexibility index (Phi) is 8.16. The van der Waals surface area contributed by atoms with E-state index in [9.17, 15) is 0 Å². The van der Waals surface area contributed by atoms with E-state index in [2.05, 4.69) is 145 Å². The molecule has 242 valence electrons. The van der Waals surface area contributed by atoms with Gasteiger partial charge in [0, 0.05) is 40.9 Å². The molecule has 0 unspecified atom stereocenters. The van der Waals surface area contributed by atoms with Crippen LogP contribution in [0.5, 0.6) is 11.5 Å². The van der Waals surface area contributed by atoms with Gasteiger partial charge in [-0.1, -0.05) is 52.0 Å². The lowest BCUT2D eigenvalue weighted by molar-refractivity contribution is 0.481. The summed E-state index contributed by atoms with van der Waals surface area (Å²) in [6.45, 7) is 17.7. The Labute approximate surface area is 283 Å². The van der Waals surface area contributed by atoms with Gasteiger partial charge in [-0.3, -0.25) is 4.57 Å². The molecule has 3 aromatic heterocycles. The Balaban J connectivity index is 1.30. The second-order valence-electron chi connectivity index (χ2n) is 14.0. The van der Waals surface area contributed by atoms with Crippen molar-refractivity contribution in [1.29, 1.82) is 0 Å². The van der Waals surface area contributed by atoms with Crippen molar-refractivity contribution in [3.63, 3.8) is 0 Å². The second kappa shape index (κ2) is 12.5. The number of pyridine rings is 1. The lowest BCUT2D eigenvalue weighted by atomic mass is 9.91. The van der Waals surface area contributed by atoms with Gasteiger partial charge in [0.2, 0.25) is 0 Å². The van der Waals surface area contributed by atoms with Crippen LogP contribution in [0.15, 0.2) is 97.5 Å². The highest BCUT2D eigenvalue weighted by atomic mass is 16.5. The summed E-state index contributed by atoms with van der Waals surface area (Å²) < 4.78 is 10.9. The molecule has 0 atom stereocenters. The summed E-state index contributed by atoms with van der Waals surface area (Å²) >= 11 is 0. The highest BCUT2D eigenvalue weighted by Crippen LogP contribution is 2.37. The van der Waals surface area contributed by atoms with Crippen LogP contribution in [0, 0.1) is 33.6 Å². The molecule has 0 saturated carbocycles. The van der Waals surface area contributed by atoms with Gasteiger partial charge >= 0.3 is 0 Å². The number of benzene rings is 4. The molecular formula is C43H44N4O. The van der Waals surface area contributed by atoms with Crippen molar-refractivity contribution in [3.8, 4) is 34.1 Å². The van der Waals surface area contributed by atoms with E-state index < -0.39 is 0 Å². The van der Waals surface area contributed by atoms with E-state index in [1.807, 2.05) is 17.1 Å². The predicted octanol–water partition coefficient (Wildman–Crippen LogP) is 11.4. The molecule has 0 spiro atoms. The normalized spacial score (nSPS) is 11.8. The van der Waals surface area contributed by atoms with Crippen LogP contribution in [0.1, 0.15) is 67.0 Å². The molecule has 0 saturated heterocycles. The molecule has 0 fully saturated rings. The Bertz CT molecular complexity index is 2280. The number of ether oxygens (including phenoxy) is 1. The molecule has 0 amide bonds. The molecule has 5 nitrogen and oxygen atoms in total. The molecule has 0 N–H and O–H groups in total. The van der Waals surface area contributed by atoms with Crippen molar-refractivity contribution in [3.05, 3.63) is 131 Å². The maximum atomic E-state index is 6.69. The minimum atomic E-state index is 0.320. The Hall–Kier alpha value is -5.16. The molecule has 48 heavy (non-hydrogen) atoms. The minimum absolute atomic E-state index is 0.320. The van der Waals surface area contributed by atoms with Gasteiger partial charge < -0.3 is 4.74 Å². The largest absolute Gasteiger partial charge is 0.457 e. The summed E-state index contributed by atoms with van der Waals surface area (Å²) in [6.07, 6.45) is 7.06. The van der Waals surface area contributed by atoms with Gasteiger partial charge in [0.15, 0.2) is 0 Å². The molecule has 7 aromatic rings. The fourth-order valence-corrected chi connectivity index (χ4v) is 6.95. The summed E-state index contributed by atoms with van der Waals surface area (Å²) in [5.74, 6) is 3.37. The first-order valence-electron chi connectivity index (χ1n) is 17.0. The lowest BCUT2D eigenvalue weighted by Gasteiger charge is -2.15. The van der Waals surface area contributed by atoms with Gasteiger partial charge in [0.05, 0.1) is 22.9 Å². The van der Waals surface area contributed by atoms with E-state index in [1.165, 1.54) is 49.7 Å². The van der Waals surface area contributed by atoms with E-state index in [0.29, 0.717) is 11.8 Å². The fraction of sp³-hybridized carbons (Fsp3) is 0.256. The second-order valence-corrected chi connectivity index (χ2v) is 14.0. The summed E-state index contributed by atoms with van der Waals surface area (Å²) in [5.41, 5.74) is 13.2. The summed E-state index contributed by atoms with van der Waals surface area (Å²) in [6, 6.07) is 28.0. The van der Waals surface area contributed by atoms with Crippen molar-refractivity contribution in [2.24, 2.45) is 5.92 Å². The van der Waals surface area contributed by atoms with Gasteiger partial charge in [-0.2, -0.15) is 5.10 Å². The maximum absolute atomic E-state index is 6.69. The smallest absolute Gasteiger partial charge is 0.137 e. The Morgan fingerprint density at radius 3 is 2.23 bits per heavy atom. The third-order valence-corrected chi connectivity index (χ3v) is 9.65. The first-order chi connectivity index (χ1) is 23.1. The summed E-state index contributed by atoms with van der Waals surface area (Å²) in [5, 5.41) is 7.21. The molecule has 7 rings (SSSR count).